The summed E-state index contributed by atoms with van der Waals surface area (Å²) in [7, 11) is 0. The van der Waals surface area contributed by atoms with Gasteiger partial charge in [-0.15, -0.1) is 0 Å². The van der Waals surface area contributed by atoms with E-state index in [4.69, 9.17) is 18.9 Å². The molecule has 10 N–H and O–H groups in total. The standard InChI is InChI=1S/C42H70O15/c1-19(2)21(45)10-14-42(8,57-37-34(53)32(51)30(49)25(18-44)56-37)20-9-13-40(6)28(20)22(46)15-26-39(5)12-11-27(47)38(3,4)35(39)23(16-41(26,40)7)54-36-33(52)31(50)29(48)24(17-43)55-36/h20,22-37,43-44,46-53H,1,9-18H2,2-8H3/t20-,22+,23-,24+,25+,26+,27-,28-,29+,30+,31-,32-,33+,34+,35-,36+,37-,39+,40+,41+,42-/m0/s1. The van der Waals surface area contributed by atoms with Gasteiger partial charge in [-0.3, -0.25) is 4.79 Å². The van der Waals surface area contributed by atoms with E-state index in [1.165, 1.54) is 0 Å². The van der Waals surface area contributed by atoms with Crippen molar-refractivity contribution < 1.29 is 74.8 Å². The lowest BCUT2D eigenvalue weighted by Crippen LogP contribution is -2.71. The molecule has 2 aliphatic heterocycles. The second kappa shape index (κ2) is 16.0. The maximum absolute atomic E-state index is 13.1. The first-order valence-electron chi connectivity index (χ1n) is 20.9. The highest BCUT2D eigenvalue weighted by atomic mass is 16.7. The van der Waals surface area contributed by atoms with Gasteiger partial charge in [-0.05, 0) is 110 Å². The summed E-state index contributed by atoms with van der Waals surface area (Å²) in [6.45, 7) is 16.6. The van der Waals surface area contributed by atoms with Gasteiger partial charge in [0.15, 0.2) is 18.4 Å². The molecular weight excluding hydrogens is 744 g/mol. The van der Waals surface area contributed by atoms with E-state index < -0.39 is 132 Å². The minimum atomic E-state index is -1.68. The first kappa shape index (κ1) is 45.4. The van der Waals surface area contributed by atoms with Crippen molar-refractivity contribution >= 4 is 5.78 Å². The second-order valence-corrected chi connectivity index (χ2v) is 20.1. The van der Waals surface area contributed by atoms with Crippen molar-refractivity contribution in [3.8, 4) is 0 Å². The molecular formula is C42H70O15. The number of carbonyl (C=O) groups excluding carboxylic acids is 1. The molecule has 15 heteroatoms. The number of Topliss-reactive ketones (excluding diaryl/α,β-unsaturated/α-hetero) is 1. The lowest BCUT2D eigenvalue weighted by Gasteiger charge is -2.72. The molecule has 0 aromatic rings. The maximum Gasteiger partial charge on any atom is 0.187 e. The van der Waals surface area contributed by atoms with Crippen molar-refractivity contribution in [2.45, 2.75) is 185 Å². The number of aliphatic hydroxyl groups excluding tert-OH is 10. The smallest absolute Gasteiger partial charge is 0.187 e. The van der Waals surface area contributed by atoms with Gasteiger partial charge in [-0.25, -0.2) is 0 Å². The van der Waals surface area contributed by atoms with Crippen molar-refractivity contribution in [3.63, 3.8) is 0 Å². The van der Waals surface area contributed by atoms with Gasteiger partial charge in [0.1, 0.15) is 48.8 Å². The van der Waals surface area contributed by atoms with E-state index in [-0.39, 0.29) is 30.5 Å². The summed E-state index contributed by atoms with van der Waals surface area (Å²) >= 11 is 0. The van der Waals surface area contributed by atoms with Crippen molar-refractivity contribution in [1.82, 2.24) is 0 Å². The summed E-state index contributed by atoms with van der Waals surface area (Å²) in [5.74, 6) is -1.35. The van der Waals surface area contributed by atoms with Crippen LogP contribution in [0, 0.1) is 45.3 Å². The van der Waals surface area contributed by atoms with Crippen LogP contribution in [0.15, 0.2) is 12.2 Å². The Morgan fingerprint density at radius 1 is 0.789 bits per heavy atom. The van der Waals surface area contributed by atoms with Gasteiger partial charge >= 0.3 is 0 Å². The normalized spacial score (nSPS) is 51.9. The van der Waals surface area contributed by atoms with E-state index in [1.807, 2.05) is 20.8 Å². The minimum Gasteiger partial charge on any atom is -0.394 e. The van der Waals surface area contributed by atoms with Gasteiger partial charge in [0.2, 0.25) is 0 Å². The van der Waals surface area contributed by atoms with Crippen LogP contribution in [0.25, 0.3) is 0 Å². The van der Waals surface area contributed by atoms with Gasteiger partial charge in [0, 0.05) is 6.42 Å². The molecule has 6 rings (SSSR count). The van der Waals surface area contributed by atoms with E-state index in [1.54, 1.807) is 6.92 Å². The summed E-state index contributed by atoms with van der Waals surface area (Å²) in [4.78, 5) is 13.1. The van der Waals surface area contributed by atoms with E-state index >= 15 is 0 Å². The Morgan fingerprint density at radius 2 is 1.35 bits per heavy atom. The van der Waals surface area contributed by atoms with Crippen LogP contribution >= 0.6 is 0 Å². The Morgan fingerprint density at radius 3 is 1.91 bits per heavy atom. The Balaban J connectivity index is 1.40. The minimum absolute atomic E-state index is 0.0470. The van der Waals surface area contributed by atoms with Crippen molar-refractivity contribution in [2.75, 3.05) is 13.2 Å². The summed E-state index contributed by atoms with van der Waals surface area (Å²) in [6, 6.07) is 0. The number of rotatable bonds is 11. The fourth-order valence-corrected chi connectivity index (χ4v) is 13.4. The molecule has 15 nitrogen and oxygen atoms in total. The van der Waals surface area contributed by atoms with Gasteiger partial charge < -0.3 is 70.0 Å². The zero-order chi connectivity index (χ0) is 42.4. The molecule has 2 saturated heterocycles. The van der Waals surface area contributed by atoms with E-state index in [0.717, 1.165) is 0 Å². The van der Waals surface area contributed by atoms with E-state index in [0.29, 0.717) is 44.1 Å². The molecule has 0 unspecified atom stereocenters. The topological polar surface area (TPSA) is 256 Å². The monoisotopic (exact) mass is 814 g/mol. The Labute approximate surface area is 336 Å². The highest BCUT2D eigenvalue weighted by Crippen LogP contribution is 2.76. The molecule has 328 valence electrons. The van der Waals surface area contributed by atoms with Crippen molar-refractivity contribution in [1.29, 1.82) is 0 Å². The number of hydrogen-bond acceptors (Lipinski definition) is 15. The van der Waals surface area contributed by atoms with Crippen LogP contribution in [0.2, 0.25) is 0 Å². The largest absolute Gasteiger partial charge is 0.394 e. The van der Waals surface area contributed by atoms with Gasteiger partial charge in [0.25, 0.3) is 0 Å². The van der Waals surface area contributed by atoms with Gasteiger partial charge in [-0.2, -0.15) is 0 Å². The number of ketones is 1. The second-order valence-electron chi connectivity index (χ2n) is 20.1. The number of ether oxygens (including phenoxy) is 4. The highest BCUT2D eigenvalue weighted by Gasteiger charge is 2.74. The summed E-state index contributed by atoms with van der Waals surface area (Å²) < 4.78 is 25.2. The maximum atomic E-state index is 13.1. The molecule has 4 aliphatic carbocycles. The van der Waals surface area contributed by atoms with Crippen molar-refractivity contribution in [2.24, 2.45) is 45.3 Å². The average molecular weight is 815 g/mol. The molecule has 0 aromatic heterocycles. The third kappa shape index (κ3) is 7.20. The van der Waals surface area contributed by atoms with Gasteiger partial charge in [0.05, 0.1) is 37.1 Å². The van der Waals surface area contributed by atoms with Crippen molar-refractivity contribution in [3.05, 3.63) is 12.2 Å². The fourth-order valence-electron chi connectivity index (χ4n) is 13.4. The Hall–Kier alpha value is -1.15. The van der Waals surface area contributed by atoms with Crippen LogP contribution in [0.3, 0.4) is 0 Å². The fraction of sp³-hybridized carbons (Fsp3) is 0.929. The number of allylic oxidation sites excluding steroid dienone is 1. The summed E-state index contributed by atoms with van der Waals surface area (Å²) in [5, 5.41) is 109. The lowest BCUT2D eigenvalue weighted by atomic mass is 9.34. The highest BCUT2D eigenvalue weighted by molar-refractivity contribution is 5.94. The Kier molecular flexibility index (Phi) is 12.7. The zero-order valence-corrected chi connectivity index (χ0v) is 34.6. The first-order chi connectivity index (χ1) is 26.4. The third-order valence-corrected chi connectivity index (χ3v) is 16.7. The summed E-state index contributed by atoms with van der Waals surface area (Å²) in [5.41, 5.74) is -3.18. The quantitative estimate of drug-likeness (QED) is 0.0995. The van der Waals surface area contributed by atoms with Crippen LogP contribution in [0.1, 0.15) is 99.8 Å². The SMILES string of the molecule is C=C(C)C(=O)CC[C@](C)(O[C@@H]1O[C@H](CO)[C@@H](O)[C@H](O)[C@H]1O)[C@H]1CC[C@]2(C)[C@@H]1[C@H](O)C[C@@H]1[C@@]3(C)CC[C@H](O)C(C)(C)[C@@H]3[C@@H](O[C@@H]3O[C@H](CO)[C@@H](O)[C@H](O)[C@H]3O)C[C@]12C. The van der Waals surface area contributed by atoms with Crippen LogP contribution in [0.4, 0.5) is 0 Å². The molecule has 6 aliphatic rings. The lowest BCUT2D eigenvalue weighted by molar-refractivity contribution is -0.349. The predicted molar refractivity (Wildman–Crippen MR) is 203 cm³/mol. The molecule has 4 saturated carbocycles. The van der Waals surface area contributed by atoms with E-state index in [9.17, 15) is 55.9 Å². The van der Waals surface area contributed by atoms with Crippen LogP contribution in [-0.2, 0) is 23.7 Å². The first-order valence-corrected chi connectivity index (χ1v) is 20.9. The zero-order valence-electron chi connectivity index (χ0n) is 34.6. The summed E-state index contributed by atoms with van der Waals surface area (Å²) in [6.07, 6.45) is -13.7. The molecule has 57 heavy (non-hydrogen) atoms. The molecule has 6 fully saturated rings. The van der Waals surface area contributed by atoms with Crippen LogP contribution in [-0.4, -0.2) is 155 Å². The molecule has 0 aromatic carbocycles. The molecule has 0 bridgehead atoms. The number of fused-ring (bicyclic) bond motifs is 5. The van der Waals surface area contributed by atoms with E-state index in [2.05, 4.69) is 27.4 Å². The third-order valence-electron chi connectivity index (χ3n) is 16.7. The number of carbonyl (C=O) groups is 1. The number of aliphatic hydroxyl groups is 10. The molecule has 2 heterocycles. The Bertz CT molecular complexity index is 1470. The molecule has 21 atom stereocenters. The van der Waals surface area contributed by atoms with Gasteiger partial charge in [-0.1, -0.05) is 41.2 Å². The molecule has 0 amide bonds. The van der Waals surface area contributed by atoms with Crippen LogP contribution < -0.4 is 0 Å². The number of hydrogen-bond donors (Lipinski definition) is 10. The molecule has 0 radical (unpaired) electrons. The predicted octanol–water partition coefficient (Wildman–Crippen LogP) is 0.299. The molecule has 0 spiro atoms. The van der Waals surface area contributed by atoms with Crippen LogP contribution in [0.5, 0.6) is 0 Å². The average Bonchev–Trinajstić information content (AvgIpc) is 3.54.